The molecule has 29 heavy (non-hydrogen) atoms. The molecule has 6 N–H and O–H groups in total. The number of rotatable bonds is 19. The molecule has 6 nitrogen and oxygen atoms in total. The summed E-state index contributed by atoms with van der Waals surface area (Å²) in [6.45, 7) is 3.97. The van der Waals surface area contributed by atoms with Crippen molar-refractivity contribution in [2.24, 2.45) is 17.4 Å². The first-order chi connectivity index (χ1) is 13.9. The molecule has 0 fully saturated rings. The first kappa shape index (κ1) is 28.1. The van der Waals surface area contributed by atoms with Crippen molar-refractivity contribution >= 4 is 5.97 Å². The monoisotopic (exact) mass is 414 g/mol. The number of aliphatic hydroxyl groups excluding tert-OH is 2. The van der Waals surface area contributed by atoms with E-state index in [1.165, 1.54) is 19.3 Å². The first-order valence-electron chi connectivity index (χ1n) is 11.6. The molecule has 0 radical (unpaired) electrons. The molecule has 0 saturated heterocycles. The van der Waals surface area contributed by atoms with E-state index in [0.29, 0.717) is 12.8 Å². The van der Waals surface area contributed by atoms with Gasteiger partial charge in [0.05, 0.1) is 18.1 Å². The second kappa shape index (κ2) is 19.0. The number of unbranched alkanes of at least 4 members (excludes halogenated alkanes) is 7. The Labute approximate surface area is 178 Å². The average Bonchev–Trinajstić information content (AvgIpc) is 2.68. The molecule has 0 amide bonds. The minimum atomic E-state index is -0.777. The van der Waals surface area contributed by atoms with Crippen LogP contribution < -0.4 is 11.5 Å². The molecule has 4 unspecified atom stereocenters. The lowest BCUT2D eigenvalue weighted by atomic mass is 9.95. The molecule has 4 atom stereocenters. The minimum absolute atomic E-state index is 0.0938. The first-order valence-corrected chi connectivity index (χ1v) is 11.6. The summed E-state index contributed by atoms with van der Waals surface area (Å²) in [4.78, 5) is 12.1. The fourth-order valence-corrected chi connectivity index (χ4v) is 3.34. The highest BCUT2D eigenvalue weighted by molar-refractivity contribution is 5.72. The van der Waals surface area contributed by atoms with Gasteiger partial charge in [-0.2, -0.15) is 0 Å². The van der Waals surface area contributed by atoms with E-state index < -0.39 is 12.3 Å². The lowest BCUT2D eigenvalue weighted by molar-refractivity contribution is -0.154. The van der Waals surface area contributed by atoms with Crippen molar-refractivity contribution in [3.63, 3.8) is 0 Å². The normalized spacial score (nSPS) is 15.9. The molecule has 0 rings (SSSR count). The topological polar surface area (TPSA) is 119 Å². The van der Waals surface area contributed by atoms with Gasteiger partial charge in [-0.15, -0.1) is 0 Å². The Morgan fingerprint density at radius 1 is 1.00 bits per heavy atom. The van der Waals surface area contributed by atoms with Gasteiger partial charge in [0, 0.05) is 6.54 Å². The molecule has 0 saturated carbocycles. The van der Waals surface area contributed by atoms with Crippen molar-refractivity contribution in [1.82, 2.24) is 0 Å². The summed E-state index contributed by atoms with van der Waals surface area (Å²) >= 11 is 0. The minimum Gasteiger partial charge on any atom is -0.445 e. The maximum atomic E-state index is 12.1. The molecular formula is C23H46N2O4. The summed E-state index contributed by atoms with van der Waals surface area (Å²) in [5.74, 6) is -0.689. The van der Waals surface area contributed by atoms with Crippen LogP contribution in [-0.4, -0.2) is 41.2 Å². The van der Waals surface area contributed by atoms with E-state index in [-0.39, 0.29) is 24.5 Å². The lowest BCUT2D eigenvalue weighted by Crippen LogP contribution is -2.37. The lowest BCUT2D eigenvalue weighted by Gasteiger charge is -2.19. The van der Waals surface area contributed by atoms with Crippen molar-refractivity contribution in [3.8, 4) is 0 Å². The van der Waals surface area contributed by atoms with E-state index in [1.54, 1.807) is 6.92 Å². The third-order valence-corrected chi connectivity index (χ3v) is 5.10. The van der Waals surface area contributed by atoms with Gasteiger partial charge in [-0.25, -0.2) is 0 Å². The second-order valence-electron chi connectivity index (χ2n) is 8.19. The number of aliphatic hydroxyl groups is 2. The van der Waals surface area contributed by atoms with Crippen molar-refractivity contribution in [1.29, 1.82) is 0 Å². The molecule has 0 bridgehead atoms. The predicted molar refractivity (Wildman–Crippen MR) is 119 cm³/mol. The molecule has 172 valence electrons. The van der Waals surface area contributed by atoms with Gasteiger partial charge >= 0.3 is 5.97 Å². The molecule has 0 aliphatic rings. The van der Waals surface area contributed by atoms with Crippen molar-refractivity contribution < 1.29 is 19.7 Å². The van der Waals surface area contributed by atoms with Crippen LogP contribution in [0.3, 0.4) is 0 Å². The zero-order chi connectivity index (χ0) is 21.9. The highest BCUT2D eigenvalue weighted by Crippen LogP contribution is 2.19. The molecule has 0 aliphatic carbocycles. The number of carbonyl (C=O) groups is 1. The summed E-state index contributed by atoms with van der Waals surface area (Å²) in [6.07, 6.45) is 15.5. The van der Waals surface area contributed by atoms with Gasteiger partial charge in [0.2, 0.25) is 0 Å². The van der Waals surface area contributed by atoms with Gasteiger partial charge in [0.1, 0.15) is 0 Å². The maximum absolute atomic E-state index is 12.1. The fraction of sp³-hybridized carbons (Fsp3) is 0.870. The Morgan fingerprint density at radius 2 is 1.66 bits per heavy atom. The number of ether oxygens (including phenoxy) is 1. The van der Waals surface area contributed by atoms with Crippen LogP contribution >= 0.6 is 0 Å². The second-order valence-corrected chi connectivity index (χ2v) is 8.19. The van der Waals surface area contributed by atoms with Gasteiger partial charge in [-0.1, -0.05) is 64.0 Å². The van der Waals surface area contributed by atoms with Crippen LogP contribution in [0.2, 0.25) is 0 Å². The van der Waals surface area contributed by atoms with Gasteiger partial charge in [-0.3, -0.25) is 10.5 Å². The number of allylic oxidation sites excluding steroid dienone is 1. The van der Waals surface area contributed by atoms with Crippen molar-refractivity contribution in [2.75, 3.05) is 6.54 Å². The van der Waals surface area contributed by atoms with E-state index >= 15 is 0 Å². The number of carbonyl (C=O) groups excluding carboxylic acids is 1. The van der Waals surface area contributed by atoms with Crippen LogP contribution in [0.5, 0.6) is 0 Å². The van der Waals surface area contributed by atoms with Gasteiger partial charge in [-0.05, 0) is 45.4 Å². The molecule has 0 aromatic heterocycles. The summed E-state index contributed by atoms with van der Waals surface area (Å²) < 4.78 is 5.11. The van der Waals surface area contributed by atoms with Crippen LogP contribution in [0.15, 0.2) is 12.2 Å². The fourth-order valence-electron chi connectivity index (χ4n) is 3.34. The molecule has 0 aromatic rings. The number of hydrogen-bond donors (Lipinski definition) is 4. The number of hydrogen-bond acceptors (Lipinski definition) is 6. The quantitative estimate of drug-likeness (QED) is 0.111. The van der Waals surface area contributed by atoms with Crippen LogP contribution in [0, 0.1) is 5.92 Å². The summed E-state index contributed by atoms with van der Waals surface area (Å²) in [6, 6.07) is 0. The Hall–Kier alpha value is -0.950. The van der Waals surface area contributed by atoms with Crippen molar-refractivity contribution in [3.05, 3.63) is 12.2 Å². The molecular weight excluding hydrogens is 368 g/mol. The maximum Gasteiger partial charge on any atom is 0.310 e. The van der Waals surface area contributed by atoms with E-state index in [1.807, 2.05) is 0 Å². The molecule has 0 spiro atoms. The van der Waals surface area contributed by atoms with Gasteiger partial charge in [0.15, 0.2) is 6.23 Å². The van der Waals surface area contributed by atoms with Crippen LogP contribution in [0.4, 0.5) is 0 Å². The summed E-state index contributed by atoms with van der Waals surface area (Å²) in [5.41, 5.74) is 11.0. The number of esters is 1. The van der Waals surface area contributed by atoms with Crippen LogP contribution in [0.25, 0.3) is 0 Å². The van der Waals surface area contributed by atoms with Crippen molar-refractivity contribution in [2.45, 2.75) is 116 Å². The van der Waals surface area contributed by atoms with E-state index in [9.17, 15) is 15.0 Å². The number of nitrogens with two attached hydrogens (primary N) is 2. The van der Waals surface area contributed by atoms with E-state index in [4.69, 9.17) is 16.2 Å². The highest BCUT2D eigenvalue weighted by Gasteiger charge is 2.23. The SMILES string of the molecule is CCCCCCC(O)C/C=C\CCCCCCC(CC(C)O)C(=O)OC(N)CN. The zero-order valence-corrected chi connectivity index (χ0v) is 18.7. The average molecular weight is 415 g/mol. The van der Waals surface area contributed by atoms with E-state index in [0.717, 1.165) is 51.4 Å². The Balaban J connectivity index is 3.84. The summed E-state index contributed by atoms with van der Waals surface area (Å²) in [7, 11) is 0. The van der Waals surface area contributed by atoms with Crippen LogP contribution in [-0.2, 0) is 9.53 Å². The molecule has 0 heterocycles. The molecule has 0 aliphatic heterocycles. The molecule has 6 heteroatoms. The van der Waals surface area contributed by atoms with Crippen LogP contribution in [0.1, 0.15) is 97.3 Å². The Morgan fingerprint density at radius 3 is 2.31 bits per heavy atom. The smallest absolute Gasteiger partial charge is 0.310 e. The van der Waals surface area contributed by atoms with Gasteiger partial charge in [0.25, 0.3) is 0 Å². The Bertz CT molecular complexity index is 416. The third kappa shape index (κ3) is 17.6. The third-order valence-electron chi connectivity index (χ3n) is 5.10. The summed E-state index contributed by atoms with van der Waals surface area (Å²) in [5, 5.41) is 19.5. The predicted octanol–water partition coefficient (Wildman–Crippen LogP) is 3.78. The van der Waals surface area contributed by atoms with E-state index in [2.05, 4.69) is 19.1 Å². The molecule has 0 aromatic carbocycles. The standard InChI is InChI=1S/C23H46N2O4/c1-3-4-5-12-15-21(27)16-13-10-8-6-7-9-11-14-20(17-19(2)26)23(28)29-22(25)18-24/h10,13,19-22,26-27H,3-9,11-12,14-18,24-25H2,1-2H3/b13-10-. The zero-order valence-electron chi connectivity index (χ0n) is 18.7. The van der Waals surface area contributed by atoms with Gasteiger partial charge < -0.3 is 20.7 Å². The highest BCUT2D eigenvalue weighted by atomic mass is 16.6. The Kier molecular flexibility index (Phi) is 18.4. The largest absolute Gasteiger partial charge is 0.445 e.